The van der Waals surface area contributed by atoms with Crippen molar-refractivity contribution in [3.63, 3.8) is 0 Å². The fourth-order valence-corrected chi connectivity index (χ4v) is 9.75. The fourth-order valence-electron chi connectivity index (χ4n) is 9.63. The summed E-state index contributed by atoms with van der Waals surface area (Å²) in [5.74, 6) is -8.54. The average molecular weight is 962 g/mol. The number of phenolic OH excluding ortho intramolecular Hbond substituents is 3. The number of benzene rings is 3. The van der Waals surface area contributed by atoms with Gasteiger partial charge in [0.25, 0.3) is 11.7 Å². The number of esters is 1. The zero-order valence-electron chi connectivity index (χ0n) is 40.5. The highest BCUT2D eigenvalue weighted by Gasteiger charge is 2.50. The first kappa shape index (κ1) is 51.7. The van der Waals surface area contributed by atoms with Crippen LogP contribution in [-0.2, 0) is 30.3 Å². The zero-order valence-corrected chi connectivity index (χ0v) is 41.2. The molecule has 0 aliphatic carbocycles. The van der Waals surface area contributed by atoms with Gasteiger partial charge in [-0.2, -0.15) is 5.10 Å². The van der Waals surface area contributed by atoms with Gasteiger partial charge >= 0.3 is 11.8 Å². The van der Waals surface area contributed by atoms with E-state index in [-0.39, 0.29) is 56.6 Å². The van der Waals surface area contributed by atoms with E-state index in [0.717, 1.165) is 5.56 Å². The number of ketones is 1. The highest BCUT2D eigenvalue weighted by Crippen LogP contribution is 2.55. The van der Waals surface area contributed by atoms with E-state index < -0.39 is 88.8 Å². The van der Waals surface area contributed by atoms with Crippen LogP contribution in [0.1, 0.15) is 89.4 Å². The third-order valence-electron chi connectivity index (χ3n) is 13.6. The van der Waals surface area contributed by atoms with Gasteiger partial charge in [0.1, 0.15) is 23.4 Å². The summed E-state index contributed by atoms with van der Waals surface area (Å²) in [5, 5.41) is 68.8. The number of fused-ring (bicyclic) bond motifs is 14. The number of piperazine rings is 1. The molecule has 68 heavy (non-hydrogen) atoms. The molecule has 0 aromatic heterocycles. The predicted molar refractivity (Wildman–Crippen MR) is 259 cm³/mol. The number of Topliss-reactive ketones (excluding diaryl/α,β-unsaturated/α-hetero) is 1. The second-order valence-electron chi connectivity index (χ2n) is 18.8. The van der Waals surface area contributed by atoms with Crippen molar-refractivity contribution in [3.05, 3.63) is 87.7 Å². The number of carbonyl (C=O) groups is 3. The molecule has 0 spiro atoms. The van der Waals surface area contributed by atoms with Gasteiger partial charge in [0.15, 0.2) is 5.75 Å². The molecule has 1 fully saturated rings. The van der Waals surface area contributed by atoms with E-state index in [1.165, 1.54) is 59.4 Å². The van der Waals surface area contributed by atoms with Gasteiger partial charge in [0, 0.05) is 85.8 Å². The molecule has 368 valence electrons. The number of aliphatic hydroxyl groups is 2. The number of aromatic hydroxyl groups is 3. The summed E-state index contributed by atoms with van der Waals surface area (Å²) >= 11 is 6.12. The van der Waals surface area contributed by atoms with E-state index in [0.29, 0.717) is 24.7 Å². The van der Waals surface area contributed by atoms with Crippen LogP contribution in [0, 0.1) is 30.6 Å². The number of aliphatic hydroxyl groups excluding tert-OH is 2. The number of anilines is 1. The molecular weight excluding hydrogens is 896 g/mol. The lowest BCUT2D eigenvalue weighted by atomic mass is 9.78. The van der Waals surface area contributed by atoms with Gasteiger partial charge in [-0.25, -0.2) is 0 Å². The molecule has 3 aromatic rings. The van der Waals surface area contributed by atoms with Crippen LogP contribution in [0.4, 0.5) is 5.69 Å². The zero-order chi connectivity index (χ0) is 50.1. The van der Waals surface area contributed by atoms with Crippen LogP contribution < -0.4 is 10.1 Å². The Kier molecular flexibility index (Phi) is 15.9. The molecule has 11 atom stereocenters. The van der Waals surface area contributed by atoms with Gasteiger partial charge in [0.05, 0.1) is 65.1 Å². The average Bonchev–Trinajstić information content (AvgIpc) is 3.55. The van der Waals surface area contributed by atoms with Crippen LogP contribution >= 0.6 is 11.6 Å². The summed E-state index contributed by atoms with van der Waals surface area (Å²) in [7, 11) is 1.44. The molecule has 4 heterocycles. The molecular formula is C51H65ClN4O12. The maximum atomic E-state index is 14.7. The van der Waals surface area contributed by atoms with Gasteiger partial charge in [0.2, 0.25) is 0 Å². The minimum atomic E-state index is -2.07. The summed E-state index contributed by atoms with van der Waals surface area (Å²) in [5.41, 5.74) is 0.664. The Bertz CT molecular complexity index is 2510. The lowest BCUT2D eigenvalue weighted by molar-refractivity contribution is -0.160. The summed E-state index contributed by atoms with van der Waals surface area (Å²) in [6.07, 6.45) is 4.83. The molecule has 4 aliphatic rings. The predicted octanol–water partition coefficient (Wildman–Crippen LogP) is 7.34. The number of halogens is 1. The van der Waals surface area contributed by atoms with Crippen molar-refractivity contribution in [1.82, 2.24) is 9.91 Å². The molecule has 7 rings (SSSR count). The largest absolute Gasteiger partial charge is 0.507 e. The third kappa shape index (κ3) is 10.3. The first-order chi connectivity index (χ1) is 32.0. The van der Waals surface area contributed by atoms with E-state index in [4.69, 9.17) is 35.6 Å². The van der Waals surface area contributed by atoms with Gasteiger partial charge in [-0.3, -0.25) is 24.3 Å². The molecule has 1 amide bonds. The monoisotopic (exact) mass is 960 g/mol. The molecule has 3 aromatic carbocycles. The lowest BCUT2D eigenvalue weighted by Gasteiger charge is -2.42. The first-order valence-electron chi connectivity index (χ1n) is 22.9. The Balaban J connectivity index is 1.48. The number of ether oxygens (including phenoxy) is 4. The first-order valence-corrected chi connectivity index (χ1v) is 23.3. The smallest absolute Gasteiger partial charge is 0.312 e. The Hall–Kier alpha value is -5.65. The maximum absolute atomic E-state index is 14.7. The van der Waals surface area contributed by atoms with Gasteiger partial charge in [-0.15, -0.1) is 0 Å². The summed E-state index contributed by atoms with van der Waals surface area (Å²) in [4.78, 5) is 43.4. The third-order valence-corrected chi connectivity index (χ3v) is 13.9. The number of nitrogens with one attached hydrogen (secondary N) is 1. The lowest BCUT2D eigenvalue weighted by Crippen LogP contribution is -2.54. The number of hydrazone groups is 1. The molecule has 4 aliphatic heterocycles. The Labute approximate surface area is 402 Å². The standard InChI is InChI=1S/C51H65ClN4O12/c1-25-13-12-14-26(2)50(64)54-41-36(21-53-56-27(3)22-55(23-28(56)4)24-34-15-17-35(52)18-16-34)45(61)38-39(46(41)62)44(60)32(8)48-40(38)49(63)51(10,68-48)66-20-19-37(65-11)29(5)47(67-33(9)57)31(7)43(59)30(6)42(25)58/h12-21,25,27-31,37,42-43,47,58-62H,22-24H2,1-11H3,(H,54,64)/t25-,27-,28+,29+,30-,31-,37+,42-,43-,47+,51-/m0/s1. The Morgan fingerprint density at radius 1 is 0.926 bits per heavy atom. The highest BCUT2D eigenvalue weighted by atomic mass is 35.5. The number of allylic oxidation sites excluding steroid dienone is 2. The molecule has 6 N–H and O–H groups in total. The number of methoxy groups -OCH3 is 1. The van der Waals surface area contributed by atoms with Crippen molar-refractivity contribution in [1.29, 1.82) is 0 Å². The van der Waals surface area contributed by atoms with Crippen molar-refractivity contribution in [2.75, 3.05) is 25.5 Å². The van der Waals surface area contributed by atoms with E-state index >= 15 is 0 Å². The second-order valence-corrected chi connectivity index (χ2v) is 19.2. The number of hydrogen-bond donors (Lipinski definition) is 6. The molecule has 0 unspecified atom stereocenters. The second kappa shape index (κ2) is 20.9. The van der Waals surface area contributed by atoms with Gasteiger partial charge < -0.3 is 49.8 Å². The quantitative estimate of drug-likeness (QED) is 0.0617. The van der Waals surface area contributed by atoms with Crippen LogP contribution in [0.25, 0.3) is 10.8 Å². The topological polar surface area (TPSA) is 220 Å². The normalized spacial score (nSPS) is 29.9. The van der Waals surface area contributed by atoms with Crippen molar-refractivity contribution < 1.29 is 58.9 Å². The minimum absolute atomic E-state index is 0.0436. The summed E-state index contributed by atoms with van der Waals surface area (Å²) in [6, 6.07) is 7.40. The molecule has 5 bridgehead atoms. The fraction of sp³-hybridized carbons (Fsp3) is 0.490. The number of rotatable bonds is 6. The number of nitrogens with zero attached hydrogens (tertiary/aromatic N) is 3. The van der Waals surface area contributed by atoms with Crippen molar-refractivity contribution >= 4 is 51.9 Å². The molecule has 1 saturated heterocycles. The summed E-state index contributed by atoms with van der Waals surface area (Å²) < 4.78 is 23.8. The molecule has 0 saturated carbocycles. The van der Waals surface area contributed by atoms with E-state index in [9.17, 15) is 39.9 Å². The molecule has 16 nitrogen and oxygen atoms in total. The van der Waals surface area contributed by atoms with Crippen LogP contribution in [-0.4, -0.2) is 122 Å². The van der Waals surface area contributed by atoms with E-state index in [2.05, 4.69) is 10.2 Å². The van der Waals surface area contributed by atoms with Gasteiger partial charge in [-0.05, 0) is 51.5 Å². The van der Waals surface area contributed by atoms with Crippen LogP contribution in [0.3, 0.4) is 0 Å². The minimum Gasteiger partial charge on any atom is -0.507 e. The van der Waals surface area contributed by atoms with Crippen molar-refractivity contribution in [3.8, 4) is 23.0 Å². The van der Waals surface area contributed by atoms with Crippen LogP contribution in [0.15, 0.2) is 65.5 Å². The Morgan fingerprint density at radius 3 is 2.19 bits per heavy atom. The number of carbonyl (C=O) groups excluding carboxylic acids is 3. The molecule has 0 radical (unpaired) electrons. The van der Waals surface area contributed by atoms with Crippen LogP contribution in [0.2, 0.25) is 5.02 Å². The number of hydrogen-bond acceptors (Lipinski definition) is 15. The number of phenols is 3. The maximum Gasteiger partial charge on any atom is 0.312 e. The van der Waals surface area contributed by atoms with E-state index in [1.54, 1.807) is 39.8 Å². The summed E-state index contributed by atoms with van der Waals surface area (Å²) in [6.45, 7) is 18.5. The highest BCUT2D eigenvalue weighted by molar-refractivity contribution is 6.30. The van der Waals surface area contributed by atoms with Crippen LogP contribution in [0.5, 0.6) is 23.0 Å². The Morgan fingerprint density at radius 2 is 1.57 bits per heavy atom. The van der Waals surface area contributed by atoms with Crippen molar-refractivity contribution in [2.24, 2.45) is 28.8 Å². The van der Waals surface area contributed by atoms with E-state index in [1.807, 2.05) is 43.1 Å². The SMILES string of the molecule is CO[C@@H]1C=CO[C@@]2(C)Oc3c(C)c(O)c4c(O)c(c(C=NN5[C@H](C)CN(Cc6ccc(Cl)cc6)C[C@@H]5C)c(O)c4c3C2=O)NC(=O)C(C)=CC=C[C@H](C)[C@H](O)[C@H](C)[C@H](O)[C@H](C)[C@H](OC(C)=O)[C@@H]1C. The molecule has 17 heteroatoms. The van der Waals surface area contributed by atoms with Crippen molar-refractivity contribution in [2.45, 2.75) is 118 Å². The van der Waals surface area contributed by atoms with Gasteiger partial charge in [-0.1, -0.05) is 69.7 Å². The number of amides is 1.